The molecule has 142 valence electrons. The fourth-order valence-corrected chi connectivity index (χ4v) is 4.02. The van der Waals surface area contributed by atoms with Crippen molar-refractivity contribution in [3.05, 3.63) is 59.1 Å². The summed E-state index contributed by atoms with van der Waals surface area (Å²) >= 11 is 0. The van der Waals surface area contributed by atoms with Crippen LogP contribution in [-0.4, -0.2) is 37.4 Å². The second-order valence-corrected chi connectivity index (χ2v) is 7.47. The van der Waals surface area contributed by atoms with Crippen LogP contribution in [0.3, 0.4) is 0 Å². The van der Waals surface area contributed by atoms with Crippen LogP contribution in [0.15, 0.2) is 46.4 Å². The summed E-state index contributed by atoms with van der Waals surface area (Å²) in [5.41, 5.74) is 2.58. The third kappa shape index (κ3) is 2.84. The molecule has 1 aromatic heterocycles. The molecule has 3 aliphatic rings. The van der Waals surface area contributed by atoms with Crippen LogP contribution in [0.1, 0.15) is 41.6 Å². The minimum atomic E-state index is -0.541. The molecule has 6 nitrogen and oxygen atoms in total. The largest absolute Gasteiger partial charge is 0.465 e. The van der Waals surface area contributed by atoms with Gasteiger partial charge in [-0.05, 0) is 26.0 Å². The van der Waals surface area contributed by atoms with Crippen molar-refractivity contribution in [1.82, 2.24) is 0 Å². The van der Waals surface area contributed by atoms with Gasteiger partial charge in [0, 0.05) is 12.3 Å². The number of carbonyl (C=O) groups is 2. The highest BCUT2D eigenvalue weighted by Gasteiger charge is 2.53. The van der Waals surface area contributed by atoms with E-state index in [1.807, 2.05) is 13.8 Å². The Labute approximate surface area is 157 Å². The number of epoxide rings is 1. The lowest BCUT2D eigenvalue weighted by atomic mass is 9.87. The van der Waals surface area contributed by atoms with Gasteiger partial charge in [-0.2, -0.15) is 0 Å². The number of carbonyl (C=O) groups excluding carboxylic acids is 2. The van der Waals surface area contributed by atoms with Crippen LogP contribution in [0.2, 0.25) is 0 Å². The van der Waals surface area contributed by atoms with Gasteiger partial charge in [-0.3, -0.25) is 0 Å². The van der Waals surface area contributed by atoms with Gasteiger partial charge >= 0.3 is 11.9 Å². The average molecular weight is 370 g/mol. The lowest BCUT2D eigenvalue weighted by Gasteiger charge is -2.20. The summed E-state index contributed by atoms with van der Waals surface area (Å²) < 4.78 is 22.4. The number of ether oxygens (including phenoxy) is 3. The molecule has 1 aromatic rings. The van der Waals surface area contributed by atoms with E-state index >= 15 is 0 Å². The highest BCUT2D eigenvalue weighted by Crippen LogP contribution is 2.45. The summed E-state index contributed by atoms with van der Waals surface area (Å²) in [5.74, 6) is -0.260. The predicted molar refractivity (Wildman–Crippen MR) is 96.2 cm³/mol. The Morgan fingerprint density at radius 1 is 1.26 bits per heavy atom. The molecular formula is C21H22O6. The van der Waals surface area contributed by atoms with E-state index in [9.17, 15) is 9.59 Å². The minimum absolute atomic E-state index is 0.0912. The van der Waals surface area contributed by atoms with E-state index in [-0.39, 0.29) is 30.0 Å². The first-order valence-corrected chi connectivity index (χ1v) is 8.91. The molecule has 0 aliphatic carbocycles. The smallest absolute Gasteiger partial charge is 0.341 e. The summed E-state index contributed by atoms with van der Waals surface area (Å²) in [7, 11) is 1.34. The van der Waals surface area contributed by atoms with Crippen molar-refractivity contribution in [1.29, 1.82) is 0 Å². The maximum Gasteiger partial charge on any atom is 0.341 e. The fraction of sp³-hybridized carbons (Fsp3) is 0.429. The fourth-order valence-electron chi connectivity index (χ4n) is 4.02. The van der Waals surface area contributed by atoms with Gasteiger partial charge in [-0.1, -0.05) is 24.3 Å². The van der Waals surface area contributed by atoms with E-state index in [1.165, 1.54) is 7.11 Å². The number of furan rings is 1. The lowest BCUT2D eigenvalue weighted by molar-refractivity contribution is -0.140. The second-order valence-electron chi connectivity index (χ2n) is 7.47. The zero-order valence-corrected chi connectivity index (χ0v) is 15.6. The average Bonchev–Trinajstić information content (AvgIpc) is 3.12. The van der Waals surface area contributed by atoms with E-state index in [2.05, 4.69) is 13.2 Å². The van der Waals surface area contributed by atoms with Crippen LogP contribution < -0.4 is 0 Å². The third-order valence-corrected chi connectivity index (χ3v) is 5.49. The topological polar surface area (TPSA) is 78.3 Å². The van der Waals surface area contributed by atoms with Crippen molar-refractivity contribution < 1.29 is 28.2 Å². The molecule has 6 heteroatoms. The molecule has 5 atom stereocenters. The van der Waals surface area contributed by atoms with E-state index in [1.54, 1.807) is 12.1 Å². The minimum Gasteiger partial charge on any atom is -0.465 e. The molecule has 4 bridgehead atoms. The van der Waals surface area contributed by atoms with Crippen molar-refractivity contribution in [3.63, 3.8) is 0 Å². The molecule has 0 amide bonds. The molecule has 0 spiro atoms. The maximum atomic E-state index is 12.4. The summed E-state index contributed by atoms with van der Waals surface area (Å²) in [6.45, 7) is 11.8. The van der Waals surface area contributed by atoms with Crippen molar-refractivity contribution in [2.24, 2.45) is 5.92 Å². The number of hydrogen-bond donors (Lipinski definition) is 0. The van der Waals surface area contributed by atoms with E-state index in [0.29, 0.717) is 29.1 Å². The summed E-state index contributed by atoms with van der Waals surface area (Å²) in [5, 5.41) is 0. The van der Waals surface area contributed by atoms with Crippen molar-refractivity contribution in [2.75, 3.05) is 7.11 Å². The van der Waals surface area contributed by atoms with Gasteiger partial charge in [-0.15, -0.1) is 0 Å². The number of fused-ring (bicyclic) bond motifs is 5. The molecule has 4 heterocycles. The van der Waals surface area contributed by atoms with E-state index in [4.69, 9.17) is 18.6 Å². The quantitative estimate of drug-likeness (QED) is 0.462. The third-order valence-electron chi connectivity index (χ3n) is 5.49. The van der Waals surface area contributed by atoms with Gasteiger partial charge in [0.15, 0.2) is 0 Å². The van der Waals surface area contributed by atoms with Gasteiger partial charge in [0.05, 0.1) is 24.7 Å². The first kappa shape index (κ1) is 17.8. The van der Waals surface area contributed by atoms with Crippen molar-refractivity contribution in [2.45, 2.75) is 44.5 Å². The highest BCUT2D eigenvalue weighted by atomic mass is 16.6. The number of rotatable bonds is 3. The Balaban J connectivity index is 1.87. The SMILES string of the molecule is C=C(C)[C@H]1Cc2oc(cc2C(=O)OC)[C@@H](C(=C)C)[C@H]2C=C(C(=O)O2)[C@@H]2O[C@H]12. The molecule has 0 unspecified atom stereocenters. The Hall–Kier alpha value is -2.60. The maximum absolute atomic E-state index is 12.4. The number of esters is 2. The van der Waals surface area contributed by atoms with Gasteiger partial charge in [-0.25, -0.2) is 9.59 Å². The Bertz CT molecular complexity index is 888. The van der Waals surface area contributed by atoms with Crippen LogP contribution in [-0.2, 0) is 25.4 Å². The molecule has 3 aliphatic heterocycles. The Kier molecular flexibility index (Phi) is 4.11. The Morgan fingerprint density at radius 2 is 2.00 bits per heavy atom. The van der Waals surface area contributed by atoms with Gasteiger partial charge in [0.2, 0.25) is 0 Å². The van der Waals surface area contributed by atoms with Crippen LogP contribution in [0.4, 0.5) is 0 Å². The zero-order chi connectivity index (χ0) is 19.5. The van der Waals surface area contributed by atoms with Crippen LogP contribution in [0.5, 0.6) is 0 Å². The second kappa shape index (κ2) is 6.23. The summed E-state index contributed by atoms with van der Waals surface area (Å²) in [6, 6.07) is 1.67. The molecule has 0 aromatic carbocycles. The number of methoxy groups -OCH3 is 1. The van der Waals surface area contributed by atoms with E-state index in [0.717, 1.165) is 11.1 Å². The summed E-state index contributed by atoms with van der Waals surface area (Å²) in [4.78, 5) is 24.7. The van der Waals surface area contributed by atoms with Crippen LogP contribution in [0, 0.1) is 5.92 Å². The van der Waals surface area contributed by atoms with Gasteiger partial charge < -0.3 is 18.6 Å². The van der Waals surface area contributed by atoms with Gasteiger partial charge in [0.25, 0.3) is 0 Å². The standard InChI is InChI=1S/C21H22O6/c1-9(2)11-6-14-12(20(22)24-5)7-15(25-14)17(10(3)4)16-8-13(21(23)26-16)19-18(11)27-19/h7-8,11,16-19H,1,3,6H2,2,4-5H3/t11-,16-,17-,18-,19+/m1/s1. The molecule has 1 saturated heterocycles. The normalized spacial score (nSPS) is 31.1. The molecular weight excluding hydrogens is 348 g/mol. The monoisotopic (exact) mass is 370 g/mol. The first-order chi connectivity index (χ1) is 12.8. The van der Waals surface area contributed by atoms with E-state index < -0.39 is 12.1 Å². The van der Waals surface area contributed by atoms with Crippen molar-refractivity contribution in [3.8, 4) is 0 Å². The Morgan fingerprint density at radius 3 is 2.63 bits per heavy atom. The molecule has 0 saturated carbocycles. The van der Waals surface area contributed by atoms with Gasteiger partial charge in [0.1, 0.15) is 29.3 Å². The number of hydrogen-bond acceptors (Lipinski definition) is 6. The van der Waals surface area contributed by atoms with Crippen molar-refractivity contribution >= 4 is 11.9 Å². The highest BCUT2D eigenvalue weighted by molar-refractivity contribution is 5.93. The molecule has 4 rings (SSSR count). The molecule has 1 fully saturated rings. The zero-order valence-electron chi connectivity index (χ0n) is 15.6. The molecule has 0 N–H and O–H groups in total. The van der Waals surface area contributed by atoms with Crippen LogP contribution in [0.25, 0.3) is 0 Å². The summed E-state index contributed by atoms with van der Waals surface area (Å²) in [6.07, 6.45) is 1.19. The predicted octanol–water partition coefficient (Wildman–Crippen LogP) is 3.09. The first-order valence-electron chi connectivity index (χ1n) is 8.91. The lowest BCUT2D eigenvalue weighted by Crippen LogP contribution is -2.20. The van der Waals surface area contributed by atoms with Crippen LogP contribution >= 0.6 is 0 Å². The molecule has 27 heavy (non-hydrogen) atoms. The molecule has 0 radical (unpaired) electrons.